The van der Waals surface area contributed by atoms with Gasteiger partial charge in [0.15, 0.2) is 0 Å². The molecule has 0 radical (unpaired) electrons. The second kappa shape index (κ2) is 6.08. The van der Waals surface area contributed by atoms with Crippen LogP contribution in [0.25, 0.3) is 0 Å². The average molecular weight is 282 g/mol. The molecule has 1 saturated heterocycles. The Labute approximate surface area is 124 Å². The number of ether oxygens (including phenoxy) is 1. The van der Waals surface area contributed by atoms with Gasteiger partial charge in [-0.2, -0.15) is 10.4 Å². The van der Waals surface area contributed by atoms with Gasteiger partial charge in [0.25, 0.3) is 0 Å². The molecule has 0 aliphatic carbocycles. The molecule has 2 heterocycles. The maximum atomic E-state index is 9.00. The Bertz CT molecular complexity index is 658. The first-order valence-corrected chi connectivity index (χ1v) is 7.09. The van der Waals surface area contributed by atoms with Crippen LogP contribution >= 0.6 is 0 Å². The molecule has 3 rings (SSSR count). The highest BCUT2D eigenvalue weighted by Crippen LogP contribution is 2.24. The third-order valence-corrected chi connectivity index (χ3v) is 3.85. The highest BCUT2D eigenvalue weighted by molar-refractivity contribution is 5.34. The smallest absolute Gasteiger partial charge is 0.0991 e. The quantitative estimate of drug-likeness (QED) is 0.937. The van der Waals surface area contributed by atoms with Gasteiger partial charge in [-0.25, -0.2) is 0 Å². The number of rotatable bonds is 3. The highest BCUT2D eigenvalue weighted by atomic mass is 16.5. The number of hydrogen-bond donors (Lipinski definition) is 1. The van der Waals surface area contributed by atoms with E-state index < -0.39 is 0 Å². The van der Waals surface area contributed by atoms with Gasteiger partial charge in [0.2, 0.25) is 0 Å². The maximum Gasteiger partial charge on any atom is 0.0991 e. The number of hydrogen-bond acceptors (Lipinski definition) is 4. The average Bonchev–Trinajstić information content (AvgIpc) is 2.93. The van der Waals surface area contributed by atoms with Gasteiger partial charge < -0.3 is 4.74 Å². The zero-order valence-electron chi connectivity index (χ0n) is 12.0. The lowest BCUT2D eigenvalue weighted by Gasteiger charge is -2.33. The number of aromatic amines is 1. The summed E-state index contributed by atoms with van der Waals surface area (Å²) in [5, 5.41) is 16.1. The molecule has 0 bridgehead atoms. The summed E-state index contributed by atoms with van der Waals surface area (Å²) in [5.74, 6) is 0. The molecule has 0 spiro atoms. The largest absolute Gasteiger partial charge is 0.371 e. The van der Waals surface area contributed by atoms with E-state index in [1.54, 1.807) is 0 Å². The van der Waals surface area contributed by atoms with Crippen molar-refractivity contribution in [3.63, 3.8) is 0 Å². The van der Waals surface area contributed by atoms with E-state index in [0.29, 0.717) is 12.2 Å². The van der Waals surface area contributed by atoms with Crippen LogP contribution in [0, 0.1) is 18.3 Å². The van der Waals surface area contributed by atoms with Crippen LogP contribution in [0.5, 0.6) is 0 Å². The van der Waals surface area contributed by atoms with Crippen molar-refractivity contribution in [2.75, 3.05) is 19.7 Å². The third-order valence-electron chi connectivity index (χ3n) is 3.85. The summed E-state index contributed by atoms with van der Waals surface area (Å²) in [6, 6.07) is 9.85. The second-order valence-corrected chi connectivity index (χ2v) is 5.36. The Kier molecular flexibility index (Phi) is 4.00. The van der Waals surface area contributed by atoms with Crippen molar-refractivity contribution in [1.29, 1.82) is 5.26 Å². The van der Waals surface area contributed by atoms with E-state index >= 15 is 0 Å². The standard InChI is InChI=1S/C16H18N4O/c1-12-9-18-19-15(12)10-20-5-6-21-16(11-20)14-4-2-3-13(7-14)8-17/h2-4,7,9,16H,5-6,10-11H2,1H3,(H,18,19). The van der Waals surface area contributed by atoms with Gasteiger partial charge in [0, 0.05) is 19.6 Å². The molecule has 1 unspecified atom stereocenters. The maximum absolute atomic E-state index is 9.00. The van der Waals surface area contributed by atoms with Gasteiger partial charge in [-0.05, 0) is 30.2 Å². The fourth-order valence-corrected chi connectivity index (χ4v) is 2.61. The van der Waals surface area contributed by atoms with Gasteiger partial charge in [-0.15, -0.1) is 0 Å². The van der Waals surface area contributed by atoms with Crippen LogP contribution in [0.4, 0.5) is 0 Å². The van der Waals surface area contributed by atoms with E-state index in [2.05, 4.69) is 28.1 Å². The van der Waals surface area contributed by atoms with Crippen LogP contribution in [0.15, 0.2) is 30.5 Å². The number of H-pyrrole nitrogens is 1. The van der Waals surface area contributed by atoms with Gasteiger partial charge in [0.05, 0.1) is 36.2 Å². The summed E-state index contributed by atoms with van der Waals surface area (Å²) in [6.07, 6.45) is 1.87. The molecular weight excluding hydrogens is 264 g/mol. The Morgan fingerprint density at radius 1 is 1.52 bits per heavy atom. The van der Waals surface area contributed by atoms with Crippen molar-refractivity contribution in [3.05, 3.63) is 52.8 Å². The van der Waals surface area contributed by atoms with Gasteiger partial charge in [-0.1, -0.05) is 12.1 Å². The molecule has 0 amide bonds. The van der Waals surface area contributed by atoms with Crippen molar-refractivity contribution in [2.45, 2.75) is 19.6 Å². The molecule has 1 aromatic heterocycles. The zero-order chi connectivity index (χ0) is 14.7. The van der Waals surface area contributed by atoms with E-state index in [1.165, 1.54) is 5.56 Å². The van der Waals surface area contributed by atoms with Gasteiger partial charge >= 0.3 is 0 Å². The Morgan fingerprint density at radius 3 is 3.19 bits per heavy atom. The number of nitrogens with zero attached hydrogens (tertiary/aromatic N) is 3. The lowest BCUT2D eigenvalue weighted by Crippen LogP contribution is -2.38. The van der Waals surface area contributed by atoms with Crippen LogP contribution in [-0.2, 0) is 11.3 Å². The van der Waals surface area contributed by atoms with Crippen LogP contribution in [0.3, 0.4) is 0 Å². The molecule has 1 aromatic carbocycles. The predicted octanol–water partition coefficient (Wildman–Crippen LogP) is 2.16. The highest BCUT2D eigenvalue weighted by Gasteiger charge is 2.22. The number of morpholine rings is 1. The van der Waals surface area contributed by atoms with Gasteiger partial charge in [-0.3, -0.25) is 10.00 Å². The molecule has 1 N–H and O–H groups in total. The first-order valence-electron chi connectivity index (χ1n) is 7.09. The molecule has 1 fully saturated rings. The number of aryl methyl sites for hydroxylation is 1. The van der Waals surface area contributed by atoms with Crippen molar-refractivity contribution >= 4 is 0 Å². The minimum absolute atomic E-state index is 0.0234. The summed E-state index contributed by atoms with van der Waals surface area (Å²) < 4.78 is 5.87. The first-order chi connectivity index (χ1) is 10.3. The fraction of sp³-hybridized carbons (Fsp3) is 0.375. The van der Waals surface area contributed by atoms with Crippen molar-refractivity contribution in [3.8, 4) is 6.07 Å². The summed E-state index contributed by atoms with van der Waals surface area (Å²) in [7, 11) is 0. The van der Waals surface area contributed by atoms with Crippen LogP contribution in [0.2, 0.25) is 0 Å². The number of aromatic nitrogens is 2. The van der Waals surface area contributed by atoms with Crippen molar-refractivity contribution in [2.24, 2.45) is 0 Å². The lowest BCUT2D eigenvalue weighted by atomic mass is 10.0. The monoisotopic (exact) mass is 282 g/mol. The molecule has 1 aliphatic rings. The predicted molar refractivity (Wildman–Crippen MR) is 78.5 cm³/mol. The molecule has 1 atom stereocenters. The molecule has 5 nitrogen and oxygen atoms in total. The number of benzene rings is 1. The first kappa shape index (κ1) is 13.8. The summed E-state index contributed by atoms with van der Waals surface area (Å²) >= 11 is 0. The molecule has 21 heavy (non-hydrogen) atoms. The van der Waals surface area contributed by atoms with Crippen LogP contribution in [-0.4, -0.2) is 34.8 Å². The Hall–Kier alpha value is -2.16. The summed E-state index contributed by atoms with van der Waals surface area (Å²) in [6.45, 7) is 5.35. The normalized spacial score (nSPS) is 19.3. The van der Waals surface area contributed by atoms with Gasteiger partial charge in [0.1, 0.15) is 0 Å². The van der Waals surface area contributed by atoms with Crippen molar-refractivity contribution < 1.29 is 4.74 Å². The van der Waals surface area contributed by atoms with E-state index in [1.807, 2.05) is 30.5 Å². The Balaban J connectivity index is 1.71. The summed E-state index contributed by atoms with van der Waals surface area (Å²) in [4.78, 5) is 2.35. The lowest BCUT2D eigenvalue weighted by molar-refractivity contribution is -0.0333. The zero-order valence-corrected chi connectivity index (χ0v) is 12.0. The molecule has 5 heteroatoms. The molecular formula is C16H18N4O. The molecule has 2 aromatic rings. The second-order valence-electron chi connectivity index (χ2n) is 5.36. The SMILES string of the molecule is Cc1cn[nH]c1CN1CCOC(c2cccc(C#N)c2)C1. The molecule has 108 valence electrons. The van der Waals surface area contributed by atoms with E-state index in [0.717, 1.165) is 30.9 Å². The number of nitrogens with one attached hydrogen (secondary N) is 1. The summed E-state index contributed by atoms with van der Waals surface area (Å²) in [5.41, 5.74) is 4.09. The third kappa shape index (κ3) is 3.13. The topological polar surface area (TPSA) is 64.9 Å². The molecule has 0 saturated carbocycles. The minimum atomic E-state index is 0.0234. The fourth-order valence-electron chi connectivity index (χ4n) is 2.61. The van der Waals surface area contributed by atoms with Crippen LogP contribution in [0.1, 0.15) is 28.5 Å². The van der Waals surface area contributed by atoms with E-state index in [-0.39, 0.29) is 6.10 Å². The minimum Gasteiger partial charge on any atom is -0.371 e. The van der Waals surface area contributed by atoms with E-state index in [4.69, 9.17) is 10.00 Å². The van der Waals surface area contributed by atoms with Crippen LogP contribution < -0.4 is 0 Å². The van der Waals surface area contributed by atoms with E-state index in [9.17, 15) is 0 Å². The van der Waals surface area contributed by atoms with Crippen molar-refractivity contribution in [1.82, 2.24) is 15.1 Å². The number of nitriles is 1. The molecule has 1 aliphatic heterocycles. The Morgan fingerprint density at radius 2 is 2.43 bits per heavy atom.